The van der Waals surface area contributed by atoms with E-state index in [4.69, 9.17) is 0 Å². The maximum atomic E-state index is 9.45. The van der Waals surface area contributed by atoms with Crippen molar-refractivity contribution in [3.8, 4) is 0 Å². The summed E-state index contributed by atoms with van der Waals surface area (Å²) in [6.45, 7) is 3.06. The molecule has 0 saturated heterocycles. The van der Waals surface area contributed by atoms with Gasteiger partial charge in [-0.05, 0) is 13.8 Å². The third-order valence-electron chi connectivity index (χ3n) is 0.243. The normalized spacial score (nSPS) is 7.00. The molecule has 10 heavy (non-hydrogen) atoms. The molecule has 0 aromatic rings. The van der Waals surface area contributed by atoms with Crippen molar-refractivity contribution in [3.63, 3.8) is 0 Å². The number of hydrogen-bond donors (Lipinski definition) is 2. The van der Waals surface area contributed by atoms with Crippen molar-refractivity contribution < 1.29 is 14.4 Å². The van der Waals surface area contributed by atoms with Crippen LogP contribution in [-0.2, 0) is 14.4 Å². The molecular weight excluding hydrogens is 136 g/mol. The third-order valence-corrected chi connectivity index (χ3v) is 0.243. The highest BCUT2D eigenvalue weighted by Gasteiger charge is 1.96. The Balaban J connectivity index is 0. The van der Waals surface area contributed by atoms with Crippen LogP contribution < -0.4 is 11.5 Å². The molecule has 5 nitrogen and oxygen atoms in total. The van der Waals surface area contributed by atoms with Crippen molar-refractivity contribution in [1.29, 1.82) is 0 Å². The fourth-order valence-electron chi connectivity index (χ4n) is 0. The second-order valence-electron chi connectivity index (χ2n) is 1.64. The van der Waals surface area contributed by atoms with Gasteiger partial charge < -0.3 is 16.3 Å². The summed E-state index contributed by atoms with van der Waals surface area (Å²) in [7, 11) is 0. The van der Waals surface area contributed by atoms with E-state index >= 15 is 0 Å². The van der Waals surface area contributed by atoms with Crippen LogP contribution in [0.1, 0.15) is 13.8 Å². The lowest BCUT2D eigenvalue weighted by atomic mass is 10.6. The Morgan fingerprint density at radius 2 is 1.00 bits per heavy atom. The number of amides is 2. The second kappa shape index (κ2) is 5.74. The molecule has 2 amide bonds. The number of carbonyl (C=O) groups excluding carboxylic acids is 3. The zero-order chi connectivity index (χ0) is 8.73. The topological polar surface area (TPSA) is 103 Å². The van der Waals surface area contributed by atoms with Crippen LogP contribution in [0.2, 0.25) is 0 Å². The molecule has 0 heterocycles. The van der Waals surface area contributed by atoms with Gasteiger partial charge in [0.2, 0.25) is 0 Å². The molecule has 0 aromatic carbocycles. The Kier molecular flexibility index (Phi) is 6.55. The molecule has 0 aliphatic heterocycles. The Hall–Kier alpha value is -1.39. The molecule has 0 bridgehead atoms. The van der Waals surface area contributed by atoms with Gasteiger partial charge >= 0.3 is 11.8 Å². The number of ketones is 1. The lowest BCUT2D eigenvalue weighted by Gasteiger charge is -1.75. The van der Waals surface area contributed by atoms with Gasteiger partial charge in [-0.15, -0.1) is 0 Å². The van der Waals surface area contributed by atoms with Gasteiger partial charge in [-0.3, -0.25) is 9.59 Å². The average Bonchev–Trinajstić information content (AvgIpc) is 1.63. The van der Waals surface area contributed by atoms with Gasteiger partial charge in [0.05, 0.1) is 0 Å². The first kappa shape index (κ1) is 11.4. The predicted molar refractivity (Wildman–Crippen MR) is 34.7 cm³/mol. The van der Waals surface area contributed by atoms with Crippen LogP contribution in [-0.4, -0.2) is 17.6 Å². The first-order chi connectivity index (χ1) is 4.37. The van der Waals surface area contributed by atoms with E-state index in [-0.39, 0.29) is 5.78 Å². The summed E-state index contributed by atoms with van der Waals surface area (Å²) in [4.78, 5) is 28.3. The minimum atomic E-state index is -1.10. The van der Waals surface area contributed by atoms with E-state index in [1.54, 1.807) is 0 Å². The number of hydrogen-bond acceptors (Lipinski definition) is 3. The molecule has 0 aliphatic rings. The third kappa shape index (κ3) is 30.5. The van der Waals surface area contributed by atoms with Gasteiger partial charge in [0.25, 0.3) is 0 Å². The fourth-order valence-corrected chi connectivity index (χ4v) is 0. The first-order valence-corrected chi connectivity index (χ1v) is 2.44. The minimum absolute atomic E-state index is 0.167. The molecule has 4 N–H and O–H groups in total. The molecule has 58 valence electrons. The highest BCUT2D eigenvalue weighted by molar-refractivity contribution is 6.33. The summed E-state index contributed by atoms with van der Waals surface area (Å²) in [5, 5.41) is 0. The van der Waals surface area contributed by atoms with Crippen LogP contribution in [0.15, 0.2) is 0 Å². The predicted octanol–water partition coefficient (Wildman–Crippen LogP) is -1.45. The van der Waals surface area contributed by atoms with Crippen LogP contribution in [0, 0.1) is 0 Å². The quantitative estimate of drug-likeness (QED) is 0.408. The van der Waals surface area contributed by atoms with Crippen LogP contribution in [0.25, 0.3) is 0 Å². The van der Waals surface area contributed by atoms with E-state index in [2.05, 4.69) is 11.5 Å². The Morgan fingerprint density at radius 3 is 1.00 bits per heavy atom. The van der Waals surface area contributed by atoms with Gasteiger partial charge in [-0.1, -0.05) is 0 Å². The smallest absolute Gasteiger partial charge is 0.306 e. The van der Waals surface area contributed by atoms with Crippen LogP contribution >= 0.6 is 0 Å². The van der Waals surface area contributed by atoms with Crippen LogP contribution in [0.5, 0.6) is 0 Å². The molecule has 0 unspecified atom stereocenters. The van der Waals surface area contributed by atoms with Crippen LogP contribution in [0.4, 0.5) is 0 Å². The molecular formula is C5H10N2O3. The molecule has 0 radical (unpaired) electrons. The highest BCUT2D eigenvalue weighted by Crippen LogP contribution is 1.50. The van der Waals surface area contributed by atoms with E-state index in [1.807, 2.05) is 0 Å². The zero-order valence-corrected chi connectivity index (χ0v) is 5.88. The summed E-state index contributed by atoms with van der Waals surface area (Å²) < 4.78 is 0. The summed E-state index contributed by atoms with van der Waals surface area (Å²) in [6, 6.07) is 0. The molecule has 0 aromatic heterocycles. The van der Waals surface area contributed by atoms with Crippen molar-refractivity contribution in [2.75, 3.05) is 0 Å². The van der Waals surface area contributed by atoms with Gasteiger partial charge in [0, 0.05) is 0 Å². The van der Waals surface area contributed by atoms with E-state index in [9.17, 15) is 14.4 Å². The average molecular weight is 146 g/mol. The van der Waals surface area contributed by atoms with Crippen molar-refractivity contribution in [2.24, 2.45) is 11.5 Å². The van der Waals surface area contributed by atoms with Gasteiger partial charge in [0.1, 0.15) is 5.78 Å². The Labute approximate surface area is 58.4 Å². The van der Waals surface area contributed by atoms with Crippen molar-refractivity contribution in [2.45, 2.75) is 13.8 Å². The summed E-state index contributed by atoms with van der Waals surface area (Å²) >= 11 is 0. The number of nitrogens with two attached hydrogens (primary N) is 2. The van der Waals surface area contributed by atoms with E-state index in [1.165, 1.54) is 13.8 Å². The lowest BCUT2D eigenvalue weighted by Crippen LogP contribution is -2.29. The van der Waals surface area contributed by atoms with E-state index in [0.717, 1.165) is 0 Å². The van der Waals surface area contributed by atoms with Gasteiger partial charge in [0.15, 0.2) is 0 Å². The largest absolute Gasteiger partial charge is 0.361 e. The molecule has 0 rings (SSSR count). The molecule has 5 heteroatoms. The molecule has 0 saturated carbocycles. The van der Waals surface area contributed by atoms with E-state index < -0.39 is 11.8 Å². The maximum absolute atomic E-state index is 9.45. The van der Waals surface area contributed by atoms with Gasteiger partial charge in [-0.2, -0.15) is 0 Å². The van der Waals surface area contributed by atoms with Crippen molar-refractivity contribution in [1.82, 2.24) is 0 Å². The molecule has 0 spiro atoms. The standard InChI is InChI=1S/C3H6O.C2H4N2O2/c1-3(2)4;3-1(5)2(4)6/h1-2H3;(H2,3,5)(H2,4,6). The SMILES string of the molecule is CC(C)=O.NC(=O)C(N)=O. The summed E-state index contributed by atoms with van der Waals surface area (Å²) in [5.41, 5.74) is 8.64. The molecule has 0 aliphatic carbocycles. The van der Waals surface area contributed by atoms with Gasteiger partial charge in [-0.25, -0.2) is 0 Å². The first-order valence-electron chi connectivity index (χ1n) is 2.44. The highest BCUT2D eigenvalue weighted by atomic mass is 16.2. The van der Waals surface area contributed by atoms with Crippen molar-refractivity contribution in [3.05, 3.63) is 0 Å². The second-order valence-corrected chi connectivity index (χ2v) is 1.64. The van der Waals surface area contributed by atoms with E-state index in [0.29, 0.717) is 0 Å². The number of carbonyl (C=O) groups is 3. The monoisotopic (exact) mass is 146 g/mol. The lowest BCUT2D eigenvalue weighted by molar-refractivity contribution is -0.135. The molecule has 0 fully saturated rings. The van der Waals surface area contributed by atoms with Crippen LogP contribution in [0.3, 0.4) is 0 Å². The number of Topliss-reactive ketones (excluding diaryl/α,β-unsaturated/α-hetero) is 1. The zero-order valence-electron chi connectivity index (χ0n) is 5.88. The van der Waals surface area contributed by atoms with Crippen molar-refractivity contribution >= 4 is 17.6 Å². The number of rotatable bonds is 0. The Bertz CT molecular complexity index is 137. The Morgan fingerprint density at radius 1 is 0.900 bits per heavy atom. The maximum Gasteiger partial charge on any atom is 0.306 e. The minimum Gasteiger partial charge on any atom is -0.361 e. The summed E-state index contributed by atoms with van der Waals surface area (Å²) in [6.07, 6.45) is 0. The fraction of sp³-hybridized carbons (Fsp3) is 0.400. The molecule has 0 atom stereocenters. The number of primary amides is 2. The summed E-state index contributed by atoms with van der Waals surface area (Å²) in [5.74, 6) is -2.04.